The number of likely N-dealkylation sites (tertiary alicyclic amines) is 1. The molecule has 1 aromatic carbocycles. The lowest BCUT2D eigenvalue weighted by Gasteiger charge is -2.26. The molecule has 9 heteroatoms. The third kappa shape index (κ3) is 5.37. The molecule has 0 unspecified atom stereocenters. The van der Waals surface area contributed by atoms with Crippen molar-refractivity contribution in [2.45, 2.75) is 33.1 Å². The minimum absolute atomic E-state index is 0.124. The van der Waals surface area contributed by atoms with E-state index in [-0.39, 0.29) is 23.1 Å². The normalized spacial score (nSPS) is 13.6. The topological polar surface area (TPSA) is 84.9 Å². The molecule has 0 bridgehead atoms. The van der Waals surface area contributed by atoms with Crippen LogP contribution in [0, 0.1) is 13.8 Å². The Labute approximate surface area is 190 Å². The first kappa shape index (κ1) is 23.1. The minimum Gasteiger partial charge on any atom is -0.483 e. The molecule has 2 aromatic rings. The fourth-order valence-electron chi connectivity index (χ4n) is 3.47. The van der Waals surface area contributed by atoms with Crippen LogP contribution in [0.15, 0.2) is 18.2 Å². The zero-order chi connectivity index (χ0) is 22.5. The highest BCUT2D eigenvalue weighted by Crippen LogP contribution is 2.35. The van der Waals surface area contributed by atoms with E-state index in [1.807, 2.05) is 6.92 Å². The summed E-state index contributed by atoms with van der Waals surface area (Å²) < 4.78 is 10.5. The van der Waals surface area contributed by atoms with Gasteiger partial charge in [-0.3, -0.25) is 9.59 Å². The molecule has 166 valence electrons. The van der Waals surface area contributed by atoms with Gasteiger partial charge in [-0.05, 0) is 62.4 Å². The van der Waals surface area contributed by atoms with Crippen molar-refractivity contribution in [2.24, 2.45) is 0 Å². The molecule has 7 nitrogen and oxygen atoms in total. The van der Waals surface area contributed by atoms with Crippen LogP contribution < -0.4 is 10.1 Å². The van der Waals surface area contributed by atoms with Crippen LogP contribution in [0.3, 0.4) is 0 Å². The number of benzene rings is 1. The fourth-order valence-corrected chi connectivity index (χ4v) is 4.88. The van der Waals surface area contributed by atoms with E-state index in [1.165, 1.54) is 7.11 Å². The molecule has 2 heterocycles. The molecule has 1 N–H and O–H groups in total. The maximum atomic E-state index is 13.0. The van der Waals surface area contributed by atoms with Crippen LogP contribution in [0.2, 0.25) is 5.02 Å². The highest BCUT2D eigenvalue weighted by molar-refractivity contribution is 7.18. The Morgan fingerprint density at radius 2 is 1.87 bits per heavy atom. The summed E-state index contributed by atoms with van der Waals surface area (Å²) in [4.78, 5) is 40.1. The second-order valence-electron chi connectivity index (χ2n) is 7.35. The molecular formula is C22H25ClN2O5S. The fraction of sp³-hybridized carbons (Fsp3) is 0.409. The number of carbonyl (C=O) groups is 3. The average molecular weight is 465 g/mol. The standard InChI is InChI=1S/C22H25ClN2O5S/c1-13-11-15(23)7-8-16(13)30-12-17(26)24-20-18(22(28)29-3)14(2)19(31-20)21(27)25-9-5-4-6-10-25/h7-8,11H,4-6,9-10,12H2,1-3H3,(H,24,26). The molecule has 31 heavy (non-hydrogen) atoms. The van der Waals surface area contributed by atoms with Gasteiger partial charge in [-0.1, -0.05) is 11.6 Å². The Kier molecular flexibility index (Phi) is 7.56. The van der Waals surface area contributed by atoms with Gasteiger partial charge < -0.3 is 19.7 Å². The molecule has 1 aliphatic rings. The Morgan fingerprint density at radius 3 is 2.52 bits per heavy atom. The number of aryl methyl sites for hydroxylation is 1. The molecule has 0 saturated carbocycles. The van der Waals surface area contributed by atoms with E-state index in [9.17, 15) is 14.4 Å². The van der Waals surface area contributed by atoms with E-state index in [1.54, 1.807) is 30.0 Å². The number of carbonyl (C=O) groups excluding carboxylic acids is 3. The van der Waals surface area contributed by atoms with E-state index >= 15 is 0 Å². The lowest BCUT2D eigenvalue weighted by atomic mass is 10.1. The van der Waals surface area contributed by atoms with Crippen LogP contribution in [-0.2, 0) is 9.53 Å². The van der Waals surface area contributed by atoms with Crippen LogP contribution in [0.1, 0.15) is 50.4 Å². The molecule has 1 aliphatic heterocycles. The summed E-state index contributed by atoms with van der Waals surface area (Å²) in [6.07, 6.45) is 3.03. The number of piperidine rings is 1. The highest BCUT2D eigenvalue weighted by Gasteiger charge is 2.29. The molecule has 3 rings (SSSR count). The first-order valence-electron chi connectivity index (χ1n) is 10.0. The van der Waals surface area contributed by atoms with Gasteiger partial charge in [-0.2, -0.15) is 0 Å². The Hall–Kier alpha value is -2.58. The maximum Gasteiger partial charge on any atom is 0.341 e. The van der Waals surface area contributed by atoms with Crippen molar-refractivity contribution in [1.82, 2.24) is 4.90 Å². The van der Waals surface area contributed by atoms with Crippen molar-refractivity contribution in [3.05, 3.63) is 44.8 Å². The van der Waals surface area contributed by atoms with Crippen molar-refractivity contribution >= 4 is 45.7 Å². The molecule has 2 amide bonds. The Balaban J connectivity index is 1.78. The van der Waals surface area contributed by atoms with E-state index < -0.39 is 11.9 Å². The number of thiophene rings is 1. The zero-order valence-corrected chi connectivity index (χ0v) is 19.3. The van der Waals surface area contributed by atoms with E-state index in [4.69, 9.17) is 21.1 Å². The average Bonchev–Trinajstić information content (AvgIpc) is 3.08. The smallest absolute Gasteiger partial charge is 0.341 e. The molecule has 1 fully saturated rings. The summed E-state index contributed by atoms with van der Waals surface area (Å²) >= 11 is 7.03. The van der Waals surface area contributed by atoms with Gasteiger partial charge >= 0.3 is 5.97 Å². The summed E-state index contributed by atoms with van der Waals surface area (Å²) in [6, 6.07) is 5.11. The molecule has 0 radical (unpaired) electrons. The van der Waals surface area contributed by atoms with Crippen LogP contribution in [0.5, 0.6) is 5.75 Å². The second kappa shape index (κ2) is 10.2. The Morgan fingerprint density at radius 1 is 1.16 bits per heavy atom. The first-order valence-corrected chi connectivity index (χ1v) is 11.2. The van der Waals surface area contributed by atoms with E-state index in [2.05, 4.69) is 5.32 Å². The predicted molar refractivity (Wildman–Crippen MR) is 120 cm³/mol. The molecule has 0 aliphatic carbocycles. The van der Waals surface area contributed by atoms with Crippen LogP contribution in [-0.4, -0.2) is 49.5 Å². The van der Waals surface area contributed by atoms with Crippen LogP contribution in [0.4, 0.5) is 5.00 Å². The number of rotatable bonds is 6. The number of nitrogens with one attached hydrogen (secondary N) is 1. The molecule has 0 spiro atoms. The second-order valence-corrected chi connectivity index (χ2v) is 8.81. The van der Waals surface area contributed by atoms with Gasteiger partial charge in [-0.15, -0.1) is 11.3 Å². The lowest BCUT2D eigenvalue weighted by Crippen LogP contribution is -2.35. The third-order valence-corrected chi connectivity index (χ3v) is 6.55. The van der Waals surface area contributed by atoms with Crippen molar-refractivity contribution in [2.75, 3.05) is 32.1 Å². The molecule has 1 saturated heterocycles. The van der Waals surface area contributed by atoms with Gasteiger partial charge in [0.2, 0.25) is 0 Å². The lowest BCUT2D eigenvalue weighted by molar-refractivity contribution is -0.118. The van der Waals surface area contributed by atoms with Gasteiger partial charge in [0.25, 0.3) is 11.8 Å². The number of nitrogens with zero attached hydrogens (tertiary/aromatic N) is 1. The third-order valence-electron chi connectivity index (χ3n) is 5.12. The molecule has 1 aromatic heterocycles. The van der Waals surface area contributed by atoms with Gasteiger partial charge in [0.1, 0.15) is 10.8 Å². The van der Waals surface area contributed by atoms with E-state index in [0.717, 1.165) is 36.2 Å². The zero-order valence-electron chi connectivity index (χ0n) is 17.7. The minimum atomic E-state index is -0.601. The first-order chi connectivity index (χ1) is 14.8. The van der Waals surface area contributed by atoms with Crippen molar-refractivity contribution < 1.29 is 23.9 Å². The van der Waals surface area contributed by atoms with Crippen LogP contribution in [0.25, 0.3) is 0 Å². The largest absolute Gasteiger partial charge is 0.483 e. The van der Waals surface area contributed by atoms with Gasteiger partial charge in [0.05, 0.1) is 17.6 Å². The predicted octanol–water partition coefficient (Wildman–Crippen LogP) is 4.45. The quantitative estimate of drug-likeness (QED) is 0.638. The summed E-state index contributed by atoms with van der Waals surface area (Å²) in [5.74, 6) is -0.633. The molecular weight excluding hydrogens is 440 g/mol. The number of halogens is 1. The number of methoxy groups -OCH3 is 1. The summed E-state index contributed by atoms with van der Waals surface area (Å²) in [5, 5.41) is 3.57. The number of ether oxygens (including phenoxy) is 2. The maximum absolute atomic E-state index is 13.0. The summed E-state index contributed by atoms with van der Waals surface area (Å²) in [6.45, 7) is 4.66. The van der Waals surface area contributed by atoms with Gasteiger partial charge in [-0.25, -0.2) is 4.79 Å². The highest BCUT2D eigenvalue weighted by atomic mass is 35.5. The van der Waals surface area contributed by atoms with Crippen LogP contribution >= 0.6 is 22.9 Å². The van der Waals surface area contributed by atoms with Gasteiger partial charge in [0, 0.05) is 18.1 Å². The summed E-state index contributed by atoms with van der Waals surface area (Å²) in [7, 11) is 1.27. The van der Waals surface area contributed by atoms with E-state index in [0.29, 0.717) is 34.3 Å². The van der Waals surface area contributed by atoms with Crippen molar-refractivity contribution in [3.8, 4) is 5.75 Å². The number of esters is 1. The van der Waals surface area contributed by atoms with Gasteiger partial charge in [0.15, 0.2) is 6.61 Å². The number of amides is 2. The number of hydrogen-bond donors (Lipinski definition) is 1. The number of hydrogen-bond acceptors (Lipinski definition) is 6. The SMILES string of the molecule is COC(=O)c1c(NC(=O)COc2ccc(Cl)cc2C)sc(C(=O)N2CCCCC2)c1C. The monoisotopic (exact) mass is 464 g/mol. The van der Waals surface area contributed by atoms with Crippen molar-refractivity contribution in [1.29, 1.82) is 0 Å². The number of anilines is 1. The summed E-state index contributed by atoms with van der Waals surface area (Å²) in [5.41, 5.74) is 1.51. The molecule has 0 atom stereocenters. The van der Waals surface area contributed by atoms with Crippen molar-refractivity contribution in [3.63, 3.8) is 0 Å². The Bertz CT molecular complexity index is 998.